The molecule has 0 radical (unpaired) electrons. The number of carbonyl (C=O) groups excluding carboxylic acids is 2. The lowest BCUT2D eigenvalue weighted by atomic mass is 10.2. The summed E-state index contributed by atoms with van der Waals surface area (Å²) in [6, 6.07) is 15.8. The summed E-state index contributed by atoms with van der Waals surface area (Å²) in [5.74, 6) is -0.00838. The zero-order valence-corrected chi connectivity index (χ0v) is 11.6. The number of nitrogens with one attached hydrogen (secondary N) is 2. The third-order valence-electron chi connectivity index (χ3n) is 2.80. The maximum absolute atomic E-state index is 11.9. The highest BCUT2D eigenvalue weighted by atomic mass is 16.5. The molecule has 0 aliphatic carbocycles. The molecular weight excluding hydrogens is 268 g/mol. The second-order valence-corrected chi connectivity index (χ2v) is 4.33. The molecule has 2 rings (SSSR count). The Morgan fingerprint density at radius 2 is 1.81 bits per heavy atom. The average Bonchev–Trinajstić information content (AvgIpc) is 2.53. The van der Waals surface area contributed by atoms with Gasteiger partial charge in [-0.3, -0.25) is 9.59 Å². The topological polar surface area (TPSA) is 67.4 Å². The highest BCUT2D eigenvalue weighted by Crippen LogP contribution is 2.12. The number of amides is 2. The molecule has 21 heavy (non-hydrogen) atoms. The fraction of sp³-hybridized carbons (Fsp3) is 0.125. The fourth-order valence-corrected chi connectivity index (χ4v) is 1.75. The molecule has 0 saturated heterocycles. The summed E-state index contributed by atoms with van der Waals surface area (Å²) >= 11 is 0. The normalized spacial score (nSPS) is 9.76. The van der Waals surface area contributed by atoms with E-state index < -0.39 is 0 Å². The van der Waals surface area contributed by atoms with Crippen molar-refractivity contribution >= 4 is 17.5 Å². The van der Waals surface area contributed by atoms with Gasteiger partial charge >= 0.3 is 0 Å². The van der Waals surface area contributed by atoms with E-state index in [1.807, 2.05) is 18.2 Å². The fourth-order valence-electron chi connectivity index (χ4n) is 1.75. The van der Waals surface area contributed by atoms with Crippen LogP contribution in [0.5, 0.6) is 5.75 Å². The molecule has 5 nitrogen and oxygen atoms in total. The number of ether oxygens (including phenoxy) is 1. The van der Waals surface area contributed by atoms with Crippen molar-refractivity contribution < 1.29 is 14.3 Å². The molecule has 108 valence electrons. The van der Waals surface area contributed by atoms with Crippen LogP contribution in [0.25, 0.3) is 0 Å². The molecule has 0 aliphatic rings. The summed E-state index contributed by atoms with van der Waals surface area (Å²) in [7, 11) is 1.53. The highest BCUT2D eigenvalue weighted by Gasteiger charge is 2.08. The number of anilines is 1. The quantitative estimate of drug-likeness (QED) is 0.883. The van der Waals surface area contributed by atoms with Crippen LogP contribution in [0.3, 0.4) is 0 Å². The number of hydrogen-bond donors (Lipinski definition) is 2. The lowest BCUT2D eigenvalue weighted by Gasteiger charge is -2.07. The van der Waals surface area contributed by atoms with Gasteiger partial charge in [0.15, 0.2) is 0 Å². The minimum absolute atomic E-state index is 0.0923. The number of hydrogen-bond acceptors (Lipinski definition) is 3. The molecule has 0 aromatic heterocycles. The predicted molar refractivity (Wildman–Crippen MR) is 80.4 cm³/mol. The van der Waals surface area contributed by atoms with Crippen molar-refractivity contribution in [1.29, 1.82) is 0 Å². The van der Waals surface area contributed by atoms with Crippen LogP contribution in [0.1, 0.15) is 10.4 Å². The second-order valence-electron chi connectivity index (χ2n) is 4.33. The first kappa shape index (κ1) is 14.6. The Kier molecular flexibility index (Phi) is 4.93. The monoisotopic (exact) mass is 284 g/mol. The minimum Gasteiger partial charge on any atom is -0.497 e. The van der Waals surface area contributed by atoms with Gasteiger partial charge in [0.2, 0.25) is 5.91 Å². The number of benzene rings is 2. The SMILES string of the molecule is COc1cccc(C(=O)NCC(=O)Nc2ccccc2)c1. The van der Waals surface area contributed by atoms with Gasteiger partial charge in [0.25, 0.3) is 5.91 Å². The van der Waals surface area contributed by atoms with Gasteiger partial charge in [0.1, 0.15) is 5.75 Å². The van der Waals surface area contributed by atoms with Gasteiger partial charge in [-0.15, -0.1) is 0 Å². The Hall–Kier alpha value is -2.82. The van der Waals surface area contributed by atoms with E-state index in [2.05, 4.69) is 10.6 Å². The molecule has 2 aromatic carbocycles. The first-order chi connectivity index (χ1) is 10.2. The zero-order valence-electron chi connectivity index (χ0n) is 11.6. The highest BCUT2D eigenvalue weighted by molar-refractivity contribution is 5.99. The summed E-state index contributed by atoms with van der Waals surface area (Å²) < 4.78 is 5.05. The summed E-state index contributed by atoms with van der Waals surface area (Å²) in [5.41, 5.74) is 1.14. The van der Waals surface area contributed by atoms with Crippen LogP contribution in [0.15, 0.2) is 54.6 Å². The lowest BCUT2D eigenvalue weighted by Crippen LogP contribution is -2.32. The van der Waals surface area contributed by atoms with E-state index in [9.17, 15) is 9.59 Å². The van der Waals surface area contributed by atoms with E-state index in [-0.39, 0.29) is 18.4 Å². The Bertz CT molecular complexity index is 626. The molecule has 0 unspecified atom stereocenters. The molecule has 5 heteroatoms. The van der Waals surface area contributed by atoms with Crippen LogP contribution in [-0.2, 0) is 4.79 Å². The predicted octanol–water partition coefficient (Wildman–Crippen LogP) is 2.06. The van der Waals surface area contributed by atoms with E-state index in [4.69, 9.17) is 4.74 Å². The first-order valence-corrected chi connectivity index (χ1v) is 6.46. The Labute approximate surface area is 122 Å². The van der Waals surface area contributed by atoms with E-state index >= 15 is 0 Å². The minimum atomic E-state index is -0.322. The van der Waals surface area contributed by atoms with Crippen molar-refractivity contribution in [2.24, 2.45) is 0 Å². The van der Waals surface area contributed by atoms with Crippen molar-refractivity contribution in [1.82, 2.24) is 5.32 Å². The summed E-state index contributed by atoms with van der Waals surface area (Å²) in [6.45, 7) is -0.0923. The van der Waals surface area contributed by atoms with Gasteiger partial charge < -0.3 is 15.4 Å². The summed E-state index contributed by atoms with van der Waals surface area (Å²) in [6.07, 6.45) is 0. The smallest absolute Gasteiger partial charge is 0.251 e. The van der Waals surface area contributed by atoms with Crippen molar-refractivity contribution in [2.45, 2.75) is 0 Å². The van der Waals surface area contributed by atoms with Crippen LogP contribution < -0.4 is 15.4 Å². The van der Waals surface area contributed by atoms with Crippen molar-refractivity contribution in [3.63, 3.8) is 0 Å². The molecule has 2 amide bonds. The number of rotatable bonds is 5. The standard InChI is InChI=1S/C16H16N2O3/c1-21-14-9-5-6-12(10-14)16(20)17-11-15(19)18-13-7-3-2-4-8-13/h2-10H,11H2,1H3,(H,17,20)(H,18,19). The molecule has 0 spiro atoms. The number of carbonyl (C=O) groups is 2. The van der Waals surface area contributed by atoms with Crippen LogP contribution in [0, 0.1) is 0 Å². The van der Waals surface area contributed by atoms with Crippen molar-refractivity contribution in [2.75, 3.05) is 19.0 Å². The summed E-state index contributed by atoms with van der Waals surface area (Å²) in [4.78, 5) is 23.6. The van der Waals surface area contributed by atoms with E-state index in [0.29, 0.717) is 17.0 Å². The van der Waals surface area contributed by atoms with Gasteiger partial charge in [-0.2, -0.15) is 0 Å². The van der Waals surface area contributed by atoms with Gasteiger partial charge in [0.05, 0.1) is 13.7 Å². The Morgan fingerprint density at radius 1 is 1.05 bits per heavy atom. The van der Waals surface area contributed by atoms with Gasteiger partial charge in [-0.1, -0.05) is 24.3 Å². The van der Waals surface area contributed by atoms with Crippen LogP contribution in [-0.4, -0.2) is 25.5 Å². The third kappa shape index (κ3) is 4.35. The third-order valence-corrected chi connectivity index (χ3v) is 2.80. The molecule has 2 N–H and O–H groups in total. The Morgan fingerprint density at radius 3 is 2.52 bits per heavy atom. The number of methoxy groups -OCH3 is 1. The van der Waals surface area contributed by atoms with E-state index in [0.717, 1.165) is 0 Å². The molecule has 0 saturated carbocycles. The largest absolute Gasteiger partial charge is 0.497 e. The van der Waals surface area contributed by atoms with Gasteiger partial charge in [-0.05, 0) is 30.3 Å². The first-order valence-electron chi connectivity index (χ1n) is 6.46. The van der Waals surface area contributed by atoms with Crippen LogP contribution in [0.4, 0.5) is 5.69 Å². The maximum atomic E-state index is 11.9. The lowest BCUT2D eigenvalue weighted by molar-refractivity contribution is -0.115. The van der Waals surface area contributed by atoms with Crippen LogP contribution >= 0.6 is 0 Å². The van der Waals surface area contributed by atoms with Gasteiger partial charge in [-0.25, -0.2) is 0 Å². The molecule has 0 fully saturated rings. The van der Waals surface area contributed by atoms with Crippen molar-refractivity contribution in [3.05, 3.63) is 60.2 Å². The molecule has 0 heterocycles. The van der Waals surface area contributed by atoms with Crippen LogP contribution in [0.2, 0.25) is 0 Å². The van der Waals surface area contributed by atoms with E-state index in [1.54, 1.807) is 36.4 Å². The van der Waals surface area contributed by atoms with Gasteiger partial charge in [0, 0.05) is 11.3 Å². The Balaban J connectivity index is 1.87. The molecule has 0 atom stereocenters. The zero-order chi connectivity index (χ0) is 15.1. The second kappa shape index (κ2) is 7.09. The maximum Gasteiger partial charge on any atom is 0.251 e. The summed E-state index contributed by atoms with van der Waals surface area (Å²) in [5, 5.41) is 5.26. The molecule has 0 aliphatic heterocycles. The average molecular weight is 284 g/mol. The molecule has 0 bridgehead atoms. The molecular formula is C16H16N2O3. The van der Waals surface area contributed by atoms with Crippen molar-refractivity contribution in [3.8, 4) is 5.75 Å². The van der Waals surface area contributed by atoms with E-state index in [1.165, 1.54) is 7.11 Å². The number of para-hydroxylation sites is 1. The molecule has 2 aromatic rings.